The van der Waals surface area contributed by atoms with Gasteiger partial charge in [-0.2, -0.15) is 0 Å². The molecule has 0 aliphatic carbocycles. The predicted molar refractivity (Wildman–Crippen MR) is 41.1 cm³/mol. The van der Waals surface area contributed by atoms with Gasteiger partial charge in [0.2, 0.25) is 11.8 Å². The second kappa shape index (κ2) is 2.62. The van der Waals surface area contributed by atoms with Crippen molar-refractivity contribution in [3.8, 4) is 0 Å². The number of aromatic nitrogens is 2. The number of hydrogen-bond acceptors (Lipinski definition) is 4. The zero-order chi connectivity index (χ0) is 8.48. The van der Waals surface area contributed by atoms with E-state index in [1.165, 1.54) is 0 Å². The van der Waals surface area contributed by atoms with Crippen molar-refractivity contribution in [3.63, 3.8) is 0 Å². The van der Waals surface area contributed by atoms with Crippen LogP contribution in [-0.4, -0.2) is 16.7 Å². The summed E-state index contributed by atoms with van der Waals surface area (Å²) >= 11 is 0. The number of rotatable bonds is 2. The van der Waals surface area contributed by atoms with Crippen LogP contribution in [0.2, 0.25) is 0 Å². The van der Waals surface area contributed by atoms with Gasteiger partial charge >= 0.3 is 0 Å². The molecule has 11 heavy (non-hydrogen) atoms. The first-order valence-electron chi connectivity index (χ1n) is 3.57. The molecule has 4 nitrogen and oxygen atoms in total. The normalized spacial score (nSPS) is 12.0. The van der Waals surface area contributed by atoms with Crippen molar-refractivity contribution in [2.45, 2.75) is 26.2 Å². The average Bonchev–Trinajstić information content (AvgIpc) is 2.36. The molecule has 1 aromatic heterocycles. The monoisotopic (exact) mass is 155 g/mol. The molecule has 0 spiro atoms. The van der Waals surface area contributed by atoms with Gasteiger partial charge in [0.05, 0.1) is 5.41 Å². The minimum Gasteiger partial charge on any atom is -0.425 e. The van der Waals surface area contributed by atoms with Gasteiger partial charge in [0.15, 0.2) is 0 Å². The first kappa shape index (κ1) is 8.20. The maximum Gasteiger partial charge on any atom is 0.223 e. The minimum absolute atomic E-state index is 0.207. The Hall–Kier alpha value is -0.900. The van der Waals surface area contributed by atoms with Crippen LogP contribution in [-0.2, 0) is 5.41 Å². The number of hydrogen-bond donors (Lipinski definition) is 1. The molecule has 0 aromatic carbocycles. The van der Waals surface area contributed by atoms with Crippen molar-refractivity contribution in [2.75, 3.05) is 6.54 Å². The summed E-state index contributed by atoms with van der Waals surface area (Å²) in [5.74, 6) is 1.19. The summed E-state index contributed by atoms with van der Waals surface area (Å²) in [6, 6.07) is 0. The Morgan fingerprint density at radius 2 is 2.09 bits per heavy atom. The Kier molecular flexibility index (Phi) is 1.95. The van der Waals surface area contributed by atoms with Crippen LogP contribution in [0, 0.1) is 6.92 Å². The lowest BCUT2D eigenvalue weighted by Crippen LogP contribution is -2.28. The second-order valence-corrected chi connectivity index (χ2v) is 3.21. The van der Waals surface area contributed by atoms with Crippen LogP contribution in [0.4, 0.5) is 0 Å². The van der Waals surface area contributed by atoms with E-state index in [9.17, 15) is 0 Å². The molecule has 0 unspecified atom stereocenters. The Labute approximate surface area is 65.8 Å². The van der Waals surface area contributed by atoms with Gasteiger partial charge in [-0.3, -0.25) is 0 Å². The SMILES string of the molecule is Cc1nnc(C(C)(C)CN)o1. The second-order valence-electron chi connectivity index (χ2n) is 3.21. The molecule has 0 aliphatic heterocycles. The van der Waals surface area contributed by atoms with Crippen LogP contribution in [0.15, 0.2) is 4.42 Å². The molecule has 0 saturated heterocycles. The summed E-state index contributed by atoms with van der Waals surface area (Å²) in [5.41, 5.74) is 5.31. The standard InChI is InChI=1S/C7H13N3O/c1-5-9-10-6(11-5)7(2,3)4-8/h4,8H2,1-3H3. The molecule has 62 valence electrons. The average molecular weight is 155 g/mol. The third kappa shape index (κ3) is 1.57. The summed E-state index contributed by atoms with van der Waals surface area (Å²) in [6.45, 7) is 6.22. The fourth-order valence-corrected chi connectivity index (χ4v) is 0.657. The van der Waals surface area contributed by atoms with E-state index in [1.807, 2.05) is 13.8 Å². The van der Waals surface area contributed by atoms with Crippen molar-refractivity contribution >= 4 is 0 Å². The van der Waals surface area contributed by atoms with E-state index in [1.54, 1.807) is 6.92 Å². The fraction of sp³-hybridized carbons (Fsp3) is 0.714. The van der Waals surface area contributed by atoms with Crippen molar-refractivity contribution < 1.29 is 4.42 Å². The van der Waals surface area contributed by atoms with Crippen molar-refractivity contribution in [3.05, 3.63) is 11.8 Å². The lowest BCUT2D eigenvalue weighted by molar-refractivity contribution is 0.364. The highest BCUT2D eigenvalue weighted by Crippen LogP contribution is 2.19. The van der Waals surface area contributed by atoms with Gasteiger partial charge in [-0.05, 0) is 13.8 Å². The topological polar surface area (TPSA) is 64.9 Å². The Morgan fingerprint density at radius 3 is 2.45 bits per heavy atom. The number of aryl methyl sites for hydroxylation is 1. The Bertz CT molecular complexity index is 242. The summed E-state index contributed by atoms with van der Waals surface area (Å²) in [5, 5.41) is 7.62. The summed E-state index contributed by atoms with van der Waals surface area (Å²) < 4.78 is 5.24. The zero-order valence-corrected chi connectivity index (χ0v) is 7.09. The Balaban J connectivity index is 2.92. The molecule has 4 heteroatoms. The molecule has 1 aromatic rings. The number of nitrogens with two attached hydrogens (primary N) is 1. The van der Waals surface area contributed by atoms with E-state index < -0.39 is 0 Å². The zero-order valence-electron chi connectivity index (χ0n) is 7.09. The molecule has 1 rings (SSSR count). The summed E-state index contributed by atoms with van der Waals surface area (Å²) in [4.78, 5) is 0. The largest absolute Gasteiger partial charge is 0.425 e. The van der Waals surface area contributed by atoms with Crippen LogP contribution in [0.3, 0.4) is 0 Å². The third-order valence-corrected chi connectivity index (χ3v) is 1.62. The summed E-state index contributed by atoms with van der Waals surface area (Å²) in [6.07, 6.45) is 0. The molecule has 0 saturated carbocycles. The summed E-state index contributed by atoms with van der Waals surface area (Å²) in [7, 11) is 0. The minimum atomic E-state index is -0.207. The lowest BCUT2D eigenvalue weighted by Gasteiger charge is -2.15. The first-order chi connectivity index (χ1) is 5.06. The van der Waals surface area contributed by atoms with Gasteiger partial charge in [0, 0.05) is 13.5 Å². The van der Waals surface area contributed by atoms with Gasteiger partial charge in [-0.15, -0.1) is 10.2 Å². The van der Waals surface area contributed by atoms with Crippen LogP contribution < -0.4 is 5.73 Å². The quantitative estimate of drug-likeness (QED) is 0.679. The van der Waals surface area contributed by atoms with E-state index >= 15 is 0 Å². The third-order valence-electron chi connectivity index (χ3n) is 1.62. The van der Waals surface area contributed by atoms with Gasteiger partial charge in [0.1, 0.15) is 0 Å². The van der Waals surface area contributed by atoms with E-state index in [-0.39, 0.29) is 5.41 Å². The van der Waals surface area contributed by atoms with Crippen LogP contribution in [0.25, 0.3) is 0 Å². The molecule has 0 amide bonds. The molecular weight excluding hydrogens is 142 g/mol. The van der Waals surface area contributed by atoms with Crippen molar-refractivity contribution in [1.82, 2.24) is 10.2 Å². The highest BCUT2D eigenvalue weighted by atomic mass is 16.4. The molecule has 0 aliphatic rings. The molecule has 0 radical (unpaired) electrons. The van der Waals surface area contributed by atoms with E-state index in [0.29, 0.717) is 18.3 Å². The fourth-order valence-electron chi connectivity index (χ4n) is 0.657. The van der Waals surface area contributed by atoms with Crippen LogP contribution in [0.5, 0.6) is 0 Å². The lowest BCUT2D eigenvalue weighted by atomic mass is 9.94. The number of nitrogens with zero attached hydrogens (tertiary/aromatic N) is 2. The highest BCUT2D eigenvalue weighted by molar-refractivity contribution is 4.99. The predicted octanol–water partition coefficient (Wildman–Crippen LogP) is 0.614. The highest BCUT2D eigenvalue weighted by Gasteiger charge is 2.24. The van der Waals surface area contributed by atoms with Crippen LogP contribution in [0.1, 0.15) is 25.6 Å². The van der Waals surface area contributed by atoms with Crippen molar-refractivity contribution in [2.24, 2.45) is 5.73 Å². The molecule has 1 heterocycles. The van der Waals surface area contributed by atoms with Gasteiger partial charge in [-0.25, -0.2) is 0 Å². The smallest absolute Gasteiger partial charge is 0.223 e. The maximum atomic E-state index is 5.52. The van der Waals surface area contributed by atoms with Gasteiger partial charge in [0.25, 0.3) is 0 Å². The van der Waals surface area contributed by atoms with E-state index in [4.69, 9.17) is 10.2 Å². The molecule has 0 fully saturated rings. The van der Waals surface area contributed by atoms with E-state index in [2.05, 4.69) is 10.2 Å². The maximum absolute atomic E-state index is 5.52. The molecular formula is C7H13N3O. The molecule has 2 N–H and O–H groups in total. The Morgan fingerprint density at radius 1 is 1.45 bits per heavy atom. The first-order valence-corrected chi connectivity index (χ1v) is 3.57. The van der Waals surface area contributed by atoms with Crippen molar-refractivity contribution in [1.29, 1.82) is 0 Å². The molecule has 0 atom stereocenters. The van der Waals surface area contributed by atoms with Gasteiger partial charge < -0.3 is 10.2 Å². The van der Waals surface area contributed by atoms with E-state index in [0.717, 1.165) is 0 Å². The van der Waals surface area contributed by atoms with Gasteiger partial charge in [-0.1, -0.05) is 0 Å². The molecule has 0 bridgehead atoms. The van der Waals surface area contributed by atoms with Crippen LogP contribution >= 0.6 is 0 Å².